The van der Waals surface area contributed by atoms with Gasteiger partial charge in [0.05, 0.1) is 6.04 Å². The highest BCUT2D eigenvalue weighted by atomic mass is 19.2. The van der Waals surface area contributed by atoms with Gasteiger partial charge in [-0.15, -0.1) is 0 Å². The van der Waals surface area contributed by atoms with Crippen molar-refractivity contribution in [3.63, 3.8) is 0 Å². The maximum atomic E-state index is 13.8. The third-order valence-corrected chi connectivity index (χ3v) is 5.29. The maximum absolute atomic E-state index is 13.8. The van der Waals surface area contributed by atoms with Gasteiger partial charge in [-0.25, -0.2) is 23.4 Å². The smallest absolute Gasteiger partial charge is 0.412 e. The number of aliphatic hydroxyl groups is 1. The number of halogens is 2. The van der Waals surface area contributed by atoms with E-state index in [9.17, 15) is 23.5 Å². The fourth-order valence-electron chi connectivity index (χ4n) is 3.33. The van der Waals surface area contributed by atoms with Gasteiger partial charge in [-0.3, -0.25) is 5.32 Å². The summed E-state index contributed by atoms with van der Waals surface area (Å²) < 4.78 is 32.5. The van der Waals surface area contributed by atoms with Crippen molar-refractivity contribution < 1.29 is 28.2 Å². The summed E-state index contributed by atoms with van der Waals surface area (Å²) in [4.78, 5) is 30.3. The van der Waals surface area contributed by atoms with E-state index >= 15 is 0 Å². The van der Waals surface area contributed by atoms with Crippen LogP contribution < -0.4 is 10.6 Å². The zero-order chi connectivity index (χ0) is 24.5. The molecule has 1 atom stereocenters. The molecule has 0 aliphatic carbocycles. The van der Waals surface area contributed by atoms with E-state index in [0.29, 0.717) is 18.7 Å². The number of anilines is 1. The minimum atomic E-state index is -1.02. The number of likely N-dealkylation sites (N-methyl/N-ethyl adjacent to an activating group) is 1. The van der Waals surface area contributed by atoms with Crippen molar-refractivity contribution in [2.45, 2.75) is 25.4 Å². The first-order chi connectivity index (χ1) is 16.4. The highest BCUT2D eigenvalue weighted by molar-refractivity contribution is 5.89. The Morgan fingerprint density at radius 1 is 1.15 bits per heavy atom. The van der Waals surface area contributed by atoms with Gasteiger partial charge >= 0.3 is 12.1 Å². The van der Waals surface area contributed by atoms with E-state index in [1.54, 1.807) is 12.3 Å². The predicted molar refractivity (Wildman–Crippen MR) is 123 cm³/mol. The number of urea groups is 1. The van der Waals surface area contributed by atoms with E-state index in [2.05, 4.69) is 15.6 Å². The number of nitrogens with one attached hydrogen (secondary N) is 2. The molecule has 34 heavy (non-hydrogen) atoms. The van der Waals surface area contributed by atoms with Crippen LogP contribution in [0.1, 0.15) is 18.4 Å². The van der Waals surface area contributed by atoms with E-state index in [1.165, 1.54) is 24.1 Å². The molecule has 180 valence electrons. The molecule has 10 heteroatoms. The number of fused-ring (bicyclic) bond motifs is 1. The largest absolute Gasteiger partial charge is 0.447 e. The first-order valence-electron chi connectivity index (χ1n) is 10.7. The Bertz CT molecular complexity index is 1140. The zero-order valence-electron chi connectivity index (χ0n) is 18.6. The molecule has 0 bridgehead atoms. The number of ether oxygens (including phenoxy) is 1. The van der Waals surface area contributed by atoms with E-state index < -0.39 is 29.8 Å². The number of benzene rings is 2. The molecule has 0 saturated heterocycles. The van der Waals surface area contributed by atoms with Gasteiger partial charge in [-0.2, -0.15) is 0 Å². The lowest BCUT2D eigenvalue weighted by Gasteiger charge is -2.28. The standard InChI is InChI=1S/C24H26F2N4O4/c1-30(23(32)28-14-18-8-4-10-20(25)22(18)26)19(9-5-11-31)15-34-24(33)29-21-12-16-6-2-3-7-17(16)13-27-21/h2-4,6-8,10,12-13,19,31H,5,9,11,14-15H2,1H3,(H,28,32)(H,27,29,33)/t19-/m1/s1. The molecule has 2 aromatic carbocycles. The Morgan fingerprint density at radius 2 is 1.91 bits per heavy atom. The van der Waals surface area contributed by atoms with Gasteiger partial charge < -0.3 is 20.1 Å². The molecule has 3 N–H and O–H groups in total. The van der Waals surface area contributed by atoms with Crippen LogP contribution in [0.2, 0.25) is 0 Å². The van der Waals surface area contributed by atoms with Crippen molar-refractivity contribution in [1.29, 1.82) is 0 Å². The van der Waals surface area contributed by atoms with Crippen LogP contribution in [0.3, 0.4) is 0 Å². The summed E-state index contributed by atoms with van der Waals surface area (Å²) >= 11 is 0. The maximum Gasteiger partial charge on any atom is 0.412 e. The van der Waals surface area contributed by atoms with Crippen molar-refractivity contribution in [3.05, 3.63) is 71.9 Å². The van der Waals surface area contributed by atoms with Gasteiger partial charge in [0.15, 0.2) is 11.6 Å². The number of hydrogen-bond acceptors (Lipinski definition) is 5. The van der Waals surface area contributed by atoms with Crippen LogP contribution in [0.25, 0.3) is 10.8 Å². The van der Waals surface area contributed by atoms with Crippen molar-refractivity contribution in [1.82, 2.24) is 15.2 Å². The third kappa shape index (κ3) is 6.61. The number of nitrogens with zero attached hydrogens (tertiary/aromatic N) is 2. The second-order valence-corrected chi connectivity index (χ2v) is 7.64. The number of pyridine rings is 1. The van der Waals surface area contributed by atoms with Gasteiger partial charge in [0.25, 0.3) is 0 Å². The molecule has 0 aliphatic rings. The van der Waals surface area contributed by atoms with Crippen molar-refractivity contribution in [2.75, 3.05) is 25.6 Å². The van der Waals surface area contributed by atoms with Crippen molar-refractivity contribution >= 4 is 28.7 Å². The number of hydrogen-bond donors (Lipinski definition) is 3. The quantitative estimate of drug-likeness (QED) is 0.436. The number of carbonyl (C=O) groups excluding carboxylic acids is 2. The van der Waals surface area contributed by atoms with E-state index in [-0.39, 0.29) is 25.3 Å². The lowest BCUT2D eigenvalue weighted by molar-refractivity contribution is 0.110. The van der Waals surface area contributed by atoms with E-state index in [0.717, 1.165) is 16.8 Å². The molecule has 0 unspecified atom stereocenters. The minimum absolute atomic E-state index is 0.00664. The van der Waals surface area contributed by atoms with Crippen LogP contribution in [-0.2, 0) is 11.3 Å². The monoisotopic (exact) mass is 472 g/mol. The highest BCUT2D eigenvalue weighted by Gasteiger charge is 2.22. The van der Waals surface area contributed by atoms with Crippen LogP contribution in [0.15, 0.2) is 54.7 Å². The van der Waals surface area contributed by atoms with Gasteiger partial charge in [0.1, 0.15) is 12.4 Å². The first kappa shape index (κ1) is 24.8. The Labute approximate surface area is 195 Å². The normalized spacial score (nSPS) is 11.6. The second kappa shape index (κ2) is 11.9. The minimum Gasteiger partial charge on any atom is -0.447 e. The number of aromatic nitrogens is 1. The number of carbonyl (C=O) groups is 2. The SMILES string of the molecule is CN(C(=O)NCc1cccc(F)c1F)[C@H](CCCO)COC(=O)Nc1cc2ccccc2cn1. The molecule has 3 aromatic rings. The molecule has 1 aromatic heterocycles. The van der Waals surface area contributed by atoms with Crippen LogP contribution in [-0.4, -0.2) is 53.4 Å². The fraction of sp³-hybridized carbons (Fsp3) is 0.292. The van der Waals surface area contributed by atoms with Crippen molar-refractivity contribution in [2.24, 2.45) is 0 Å². The third-order valence-electron chi connectivity index (χ3n) is 5.29. The second-order valence-electron chi connectivity index (χ2n) is 7.64. The summed E-state index contributed by atoms with van der Waals surface area (Å²) in [5.41, 5.74) is 0.00664. The van der Waals surface area contributed by atoms with Crippen LogP contribution in [0.4, 0.5) is 24.2 Å². The molecule has 0 fully saturated rings. The predicted octanol–water partition coefficient (Wildman–Crippen LogP) is 4.04. The van der Waals surface area contributed by atoms with Gasteiger partial charge in [0.2, 0.25) is 0 Å². The molecule has 3 rings (SSSR count). The zero-order valence-corrected chi connectivity index (χ0v) is 18.6. The summed E-state index contributed by atoms with van der Waals surface area (Å²) in [7, 11) is 1.49. The Morgan fingerprint density at radius 3 is 2.68 bits per heavy atom. The summed E-state index contributed by atoms with van der Waals surface area (Å²) in [5.74, 6) is -1.70. The molecular formula is C24H26F2N4O4. The molecule has 0 saturated carbocycles. The highest BCUT2D eigenvalue weighted by Crippen LogP contribution is 2.16. The van der Waals surface area contributed by atoms with Crippen LogP contribution in [0, 0.1) is 11.6 Å². The molecule has 0 spiro atoms. The Balaban J connectivity index is 1.56. The van der Waals surface area contributed by atoms with Crippen molar-refractivity contribution in [3.8, 4) is 0 Å². The Hall–Kier alpha value is -3.79. The molecule has 3 amide bonds. The summed E-state index contributed by atoms with van der Waals surface area (Å²) in [6.07, 6.45) is 1.62. The number of amides is 3. The Kier molecular flexibility index (Phi) is 8.69. The van der Waals surface area contributed by atoms with E-state index in [4.69, 9.17) is 4.74 Å². The van der Waals surface area contributed by atoms with Crippen LogP contribution in [0.5, 0.6) is 0 Å². The summed E-state index contributed by atoms with van der Waals surface area (Å²) in [5, 5.41) is 16.1. The van der Waals surface area contributed by atoms with E-state index in [1.807, 2.05) is 24.3 Å². The summed E-state index contributed by atoms with van der Waals surface area (Å²) in [6, 6.07) is 11.9. The molecule has 0 radical (unpaired) electrons. The fourth-order valence-corrected chi connectivity index (χ4v) is 3.33. The van der Waals surface area contributed by atoms with Gasteiger partial charge in [-0.1, -0.05) is 36.4 Å². The number of aliphatic hydroxyl groups excluding tert-OH is 1. The molecule has 0 aliphatic heterocycles. The van der Waals surface area contributed by atoms with Gasteiger partial charge in [0, 0.05) is 37.3 Å². The van der Waals surface area contributed by atoms with Crippen LogP contribution >= 0.6 is 0 Å². The average molecular weight is 472 g/mol. The molecular weight excluding hydrogens is 446 g/mol. The lowest BCUT2D eigenvalue weighted by Crippen LogP contribution is -2.46. The molecule has 8 nitrogen and oxygen atoms in total. The first-order valence-corrected chi connectivity index (χ1v) is 10.7. The molecule has 1 heterocycles. The topological polar surface area (TPSA) is 104 Å². The average Bonchev–Trinajstić information content (AvgIpc) is 2.84. The summed E-state index contributed by atoms with van der Waals surface area (Å²) in [6.45, 7) is -0.459. The number of rotatable bonds is 9. The van der Waals surface area contributed by atoms with Gasteiger partial charge in [-0.05, 0) is 30.4 Å². The lowest BCUT2D eigenvalue weighted by atomic mass is 10.1.